The van der Waals surface area contributed by atoms with Crippen LogP contribution in [0.15, 0.2) is 24.3 Å². The maximum absolute atomic E-state index is 12.3. The molecule has 2 amide bonds. The number of anilines is 1. The first-order chi connectivity index (χ1) is 12.5. The van der Waals surface area contributed by atoms with Crippen LogP contribution in [0.2, 0.25) is 0 Å². The number of carboxylic acids is 1. The van der Waals surface area contributed by atoms with E-state index in [2.05, 4.69) is 5.32 Å². The first-order valence-electron chi connectivity index (χ1n) is 8.95. The van der Waals surface area contributed by atoms with E-state index in [4.69, 9.17) is 9.84 Å². The van der Waals surface area contributed by atoms with Gasteiger partial charge in [-0.15, -0.1) is 0 Å². The first-order valence-corrected chi connectivity index (χ1v) is 8.95. The number of benzene rings is 1. The van der Waals surface area contributed by atoms with Crippen LogP contribution >= 0.6 is 0 Å². The third-order valence-electron chi connectivity index (χ3n) is 4.50. The molecule has 26 heavy (non-hydrogen) atoms. The fourth-order valence-electron chi connectivity index (χ4n) is 3.01. The molecule has 1 heterocycles. The Balaban J connectivity index is 1.71. The minimum absolute atomic E-state index is 0.0519. The number of methoxy groups -OCH3 is 1. The Kier molecular flexibility index (Phi) is 7.44. The smallest absolute Gasteiger partial charge is 0.303 e. The molecule has 0 saturated carbocycles. The van der Waals surface area contributed by atoms with Gasteiger partial charge in [-0.05, 0) is 37.1 Å². The molecule has 0 aromatic heterocycles. The number of amides is 2. The van der Waals surface area contributed by atoms with Crippen molar-refractivity contribution in [2.24, 2.45) is 5.92 Å². The Morgan fingerprint density at radius 2 is 1.88 bits per heavy atom. The Morgan fingerprint density at radius 1 is 1.19 bits per heavy atom. The number of hydrogen-bond donors (Lipinski definition) is 2. The van der Waals surface area contributed by atoms with Gasteiger partial charge in [-0.1, -0.05) is 12.8 Å². The van der Waals surface area contributed by atoms with Gasteiger partial charge >= 0.3 is 5.97 Å². The molecule has 1 unspecified atom stereocenters. The third-order valence-corrected chi connectivity index (χ3v) is 4.50. The number of unbranched alkanes of at least 4 members (excludes halogenated alkanes) is 3. The first kappa shape index (κ1) is 19.8. The highest BCUT2D eigenvalue weighted by atomic mass is 16.5. The normalized spacial score (nSPS) is 16.6. The fourth-order valence-corrected chi connectivity index (χ4v) is 3.01. The van der Waals surface area contributed by atoms with Crippen molar-refractivity contribution in [2.75, 3.05) is 25.1 Å². The Labute approximate surface area is 153 Å². The molecular weight excluding hydrogens is 336 g/mol. The topological polar surface area (TPSA) is 95.9 Å². The van der Waals surface area contributed by atoms with E-state index in [1.807, 2.05) is 12.1 Å². The molecule has 1 aromatic carbocycles. The quantitative estimate of drug-likeness (QED) is 0.622. The molecule has 0 radical (unpaired) electrons. The number of nitrogens with zero attached hydrogens (tertiary/aromatic N) is 1. The predicted molar refractivity (Wildman–Crippen MR) is 97.2 cm³/mol. The van der Waals surface area contributed by atoms with Crippen LogP contribution < -0.4 is 15.0 Å². The van der Waals surface area contributed by atoms with E-state index in [-0.39, 0.29) is 30.6 Å². The number of aliphatic carboxylic acids is 1. The van der Waals surface area contributed by atoms with Gasteiger partial charge < -0.3 is 20.1 Å². The van der Waals surface area contributed by atoms with E-state index in [1.165, 1.54) is 0 Å². The molecule has 0 bridgehead atoms. The summed E-state index contributed by atoms with van der Waals surface area (Å²) in [6.45, 7) is 0.939. The van der Waals surface area contributed by atoms with Crippen LogP contribution in [-0.2, 0) is 14.4 Å². The van der Waals surface area contributed by atoms with E-state index in [0.717, 1.165) is 30.7 Å². The molecule has 7 nitrogen and oxygen atoms in total. The van der Waals surface area contributed by atoms with Crippen molar-refractivity contribution in [2.45, 2.75) is 38.5 Å². The zero-order valence-corrected chi connectivity index (χ0v) is 15.1. The van der Waals surface area contributed by atoms with E-state index >= 15 is 0 Å². The van der Waals surface area contributed by atoms with Crippen LogP contribution in [-0.4, -0.2) is 43.1 Å². The molecular formula is C19H26N2O5. The lowest BCUT2D eigenvalue weighted by molar-refractivity contribution is -0.137. The lowest BCUT2D eigenvalue weighted by atomic mass is 10.1. The summed E-state index contributed by atoms with van der Waals surface area (Å²) >= 11 is 0. The Hall–Kier alpha value is -2.57. The Bertz CT molecular complexity index is 629. The summed E-state index contributed by atoms with van der Waals surface area (Å²) in [4.78, 5) is 36.5. The maximum atomic E-state index is 12.3. The highest BCUT2D eigenvalue weighted by Gasteiger charge is 2.34. The summed E-state index contributed by atoms with van der Waals surface area (Å²) < 4.78 is 5.11. The summed E-state index contributed by atoms with van der Waals surface area (Å²) in [5.41, 5.74) is 0.768. The lowest BCUT2D eigenvalue weighted by Gasteiger charge is -2.17. The van der Waals surface area contributed by atoms with Gasteiger partial charge in [-0.2, -0.15) is 0 Å². The minimum Gasteiger partial charge on any atom is -0.497 e. The van der Waals surface area contributed by atoms with Crippen molar-refractivity contribution in [1.29, 1.82) is 0 Å². The maximum Gasteiger partial charge on any atom is 0.303 e. The molecule has 142 valence electrons. The number of hydrogen-bond acceptors (Lipinski definition) is 4. The van der Waals surface area contributed by atoms with Crippen molar-refractivity contribution in [3.05, 3.63) is 24.3 Å². The van der Waals surface area contributed by atoms with E-state index in [1.54, 1.807) is 24.1 Å². The molecule has 1 saturated heterocycles. The van der Waals surface area contributed by atoms with Crippen LogP contribution in [0.5, 0.6) is 5.75 Å². The summed E-state index contributed by atoms with van der Waals surface area (Å²) in [5.74, 6) is -0.538. The van der Waals surface area contributed by atoms with Crippen LogP contribution in [0.4, 0.5) is 5.69 Å². The second kappa shape index (κ2) is 9.79. The predicted octanol–water partition coefficient (Wildman–Crippen LogP) is 2.20. The number of ether oxygens (including phenoxy) is 1. The molecule has 0 spiro atoms. The molecule has 2 N–H and O–H groups in total. The molecule has 1 aromatic rings. The van der Waals surface area contributed by atoms with Gasteiger partial charge in [-0.3, -0.25) is 14.4 Å². The highest BCUT2D eigenvalue weighted by Crippen LogP contribution is 2.26. The number of rotatable bonds is 10. The largest absolute Gasteiger partial charge is 0.497 e. The van der Waals surface area contributed by atoms with E-state index in [0.29, 0.717) is 19.5 Å². The standard InChI is InChI=1S/C19H26N2O5/c1-26-16-9-7-15(8-10-16)21-13-14(12-17(21)22)19(25)20-11-5-3-2-4-6-18(23)24/h7-10,14H,2-6,11-13H2,1H3,(H,20,25)(H,23,24). The van der Waals surface area contributed by atoms with Crippen LogP contribution in [0, 0.1) is 5.92 Å². The monoisotopic (exact) mass is 362 g/mol. The summed E-state index contributed by atoms with van der Waals surface area (Å²) in [6, 6.07) is 7.21. The van der Waals surface area contributed by atoms with Crippen molar-refractivity contribution in [3.63, 3.8) is 0 Å². The molecule has 7 heteroatoms. The minimum atomic E-state index is -0.773. The second-order valence-electron chi connectivity index (χ2n) is 6.45. The lowest BCUT2D eigenvalue weighted by Crippen LogP contribution is -2.33. The molecule has 1 fully saturated rings. The molecule has 1 aliphatic rings. The van der Waals surface area contributed by atoms with Crippen molar-refractivity contribution in [1.82, 2.24) is 5.32 Å². The molecule has 1 atom stereocenters. The fraction of sp³-hybridized carbons (Fsp3) is 0.526. The Morgan fingerprint density at radius 3 is 2.54 bits per heavy atom. The van der Waals surface area contributed by atoms with Crippen LogP contribution in [0.25, 0.3) is 0 Å². The van der Waals surface area contributed by atoms with Gasteiger partial charge in [0.05, 0.1) is 13.0 Å². The number of carbonyl (C=O) groups excluding carboxylic acids is 2. The number of nitrogens with one attached hydrogen (secondary N) is 1. The van der Waals surface area contributed by atoms with Crippen LogP contribution in [0.1, 0.15) is 38.5 Å². The van der Waals surface area contributed by atoms with Crippen molar-refractivity contribution in [3.8, 4) is 5.75 Å². The summed E-state index contributed by atoms with van der Waals surface area (Å²) in [7, 11) is 1.59. The van der Waals surface area contributed by atoms with Gasteiger partial charge in [0.1, 0.15) is 5.75 Å². The van der Waals surface area contributed by atoms with E-state index < -0.39 is 5.97 Å². The zero-order valence-electron chi connectivity index (χ0n) is 15.1. The highest BCUT2D eigenvalue weighted by molar-refractivity contribution is 6.00. The van der Waals surface area contributed by atoms with Gasteiger partial charge in [0.25, 0.3) is 0 Å². The number of carboxylic acid groups (broad SMARTS) is 1. The van der Waals surface area contributed by atoms with E-state index in [9.17, 15) is 14.4 Å². The average Bonchev–Trinajstić information content (AvgIpc) is 3.02. The third kappa shape index (κ3) is 5.75. The second-order valence-corrected chi connectivity index (χ2v) is 6.45. The van der Waals surface area contributed by atoms with Gasteiger partial charge in [0.2, 0.25) is 11.8 Å². The van der Waals surface area contributed by atoms with Gasteiger partial charge in [0.15, 0.2) is 0 Å². The SMILES string of the molecule is COc1ccc(N2CC(C(=O)NCCCCCCC(=O)O)CC2=O)cc1. The average molecular weight is 362 g/mol. The molecule has 1 aliphatic heterocycles. The van der Waals surface area contributed by atoms with Gasteiger partial charge in [-0.25, -0.2) is 0 Å². The van der Waals surface area contributed by atoms with Gasteiger partial charge in [0, 0.05) is 31.6 Å². The zero-order chi connectivity index (χ0) is 18.9. The molecule has 2 rings (SSSR count). The summed E-state index contributed by atoms with van der Waals surface area (Å²) in [5, 5.41) is 11.4. The van der Waals surface area contributed by atoms with Crippen molar-refractivity contribution < 1.29 is 24.2 Å². The van der Waals surface area contributed by atoms with Crippen molar-refractivity contribution >= 4 is 23.5 Å². The number of carbonyl (C=O) groups is 3. The summed E-state index contributed by atoms with van der Waals surface area (Å²) in [6.07, 6.45) is 3.62. The van der Waals surface area contributed by atoms with Crippen LogP contribution in [0.3, 0.4) is 0 Å². The molecule has 0 aliphatic carbocycles.